The SMILES string of the molecule is CC(C)Cc1nc(-c2cncn2C)sc1CN. The van der Waals surface area contributed by atoms with Gasteiger partial charge in [-0.15, -0.1) is 11.3 Å². The van der Waals surface area contributed by atoms with Crippen LogP contribution in [0, 0.1) is 5.92 Å². The minimum Gasteiger partial charge on any atom is -0.332 e. The van der Waals surface area contributed by atoms with Crippen molar-refractivity contribution in [2.75, 3.05) is 0 Å². The average Bonchev–Trinajstić information content (AvgIpc) is 2.83. The Hall–Kier alpha value is -1.20. The highest BCUT2D eigenvalue weighted by Crippen LogP contribution is 2.28. The lowest BCUT2D eigenvalue weighted by molar-refractivity contribution is 0.634. The summed E-state index contributed by atoms with van der Waals surface area (Å²) in [5.74, 6) is 0.599. The van der Waals surface area contributed by atoms with Gasteiger partial charge in [-0.2, -0.15) is 0 Å². The van der Waals surface area contributed by atoms with Gasteiger partial charge in [-0.3, -0.25) is 0 Å². The lowest BCUT2D eigenvalue weighted by Gasteiger charge is -2.02. The minimum absolute atomic E-state index is 0.567. The summed E-state index contributed by atoms with van der Waals surface area (Å²) in [6, 6.07) is 0. The zero-order chi connectivity index (χ0) is 12.4. The van der Waals surface area contributed by atoms with Crippen molar-refractivity contribution in [2.24, 2.45) is 18.7 Å². The Balaban J connectivity index is 2.37. The number of nitrogens with two attached hydrogens (primary N) is 1. The fourth-order valence-corrected chi connectivity index (χ4v) is 2.78. The Bertz CT molecular complexity index is 498. The number of hydrogen-bond donors (Lipinski definition) is 1. The Kier molecular flexibility index (Phi) is 3.59. The van der Waals surface area contributed by atoms with E-state index in [1.165, 1.54) is 4.88 Å². The molecule has 0 aliphatic rings. The van der Waals surface area contributed by atoms with Crippen molar-refractivity contribution in [1.29, 1.82) is 0 Å². The van der Waals surface area contributed by atoms with Crippen molar-refractivity contribution in [1.82, 2.24) is 14.5 Å². The van der Waals surface area contributed by atoms with Crippen LogP contribution in [-0.4, -0.2) is 14.5 Å². The molecule has 92 valence electrons. The quantitative estimate of drug-likeness (QED) is 0.905. The number of aryl methyl sites for hydroxylation is 1. The van der Waals surface area contributed by atoms with Crippen LogP contribution in [0.4, 0.5) is 0 Å². The van der Waals surface area contributed by atoms with Gasteiger partial charge in [0, 0.05) is 18.5 Å². The zero-order valence-electron chi connectivity index (χ0n) is 10.5. The van der Waals surface area contributed by atoms with Crippen LogP contribution in [-0.2, 0) is 20.0 Å². The van der Waals surface area contributed by atoms with E-state index in [4.69, 9.17) is 10.7 Å². The molecule has 2 aromatic heterocycles. The van der Waals surface area contributed by atoms with Gasteiger partial charge in [0.15, 0.2) is 0 Å². The molecule has 2 N–H and O–H groups in total. The monoisotopic (exact) mass is 250 g/mol. The average molecular weight is 250 g/mol. The maximum Gasteiger partial charge on any atom is 0.142 e. The number of rotatable bonds is 4. The van der Waals surface area contributed by atoms with E-state index in [1.807, 2.05) is 17.8 Å². The van der Waals surface area contributed by atoms with E-state index in [1.54, 1.807) is 17.7 Å². The van der Waals surface area contributed by atoms with Crippen molar-refractivity contribution in [3.8, 4) is 10.7 Å². The molecule has 0 fully saturated rings. The van der Waals surface area contributed by atoms with E-state index in [0.29, 0.717) is 12.5 Å². The molecule has 2 aromatic rings. The van der Waals surface area contributed by atoms with Gasteiger partial charge in [-0.05, 0) is 12.3 Å². The minimum atomic E-state index is 0.567. The maximum absolute atomic E-state index is 5.78. The summed E-state index contributed by atoms with van der Waals surface area (Å²) in [6.45, 7) is 4.96. The van der Waals surface area contributed by atoms with Crippen molar-refractivity contribution >= 4 is 11.3 Å². The van der Waals surface area contributed by atoms with Crippen molar-refractivity contribution in [3.05, 3.63) is 23.1 Å². The Morgan fingerprint density at radius 3 is 2.76 bits per heavy atom. The molecular weight excluding hydrogens is 232 g/mol. The summed E-state index contributed by atoms with van der Waals surface area (Å²) in [5, 5.41) is 1.01. The maximum atomic E-state index is 5.78. The van der Waals surface area contributed by atoms with Gasteiger partial charge in [0.05, 0.1) is 23.9 Å². The van der Waals surface area contributed by atoms with Crippen LogP contribution in [0.2, 0.25) is 0 Å². The molecule has 0 saturated carbocycles. The van der Waals surface area contributed by atoms with E-state index >= 15 is 0 Å². The smallest absolute Gasteiger partial charge is 0.142 e. The third kappa shape index (κ3) is 2.56. The molecule has 2 rings (SSSR count). The number of imidazole rings is 1. The molecule has 0 atom stereocenters. The second-order valence-corrected chi connectivity index (χ2v) is 5.66. The molecule has 2 heterocycles. The van der Waals surface area contributed by atoms with Crippen LogP contribution in [0.1, 0.15) is 24.4 Å². The number of nitrogens with zero attached hydrogens (tertiary/aromatic N) is 3. The molecular formula is C12H18N4S. The van der Waals surface area contributed by atoms with Crippen LogP contribution in [0.3, 0.4) is 0 Å². The van der Waals surface area contributed by atoms with Gasteiger partial charge in [0.2, 0.25) is 0 Å². The molecule has 0 amide bonds. The second-order valence-electron chi connectivity index (χ2n) is 4.58. The predicted molar refractivity (Wildman–Crippen MR) is 70.7 cm³/mol. The van der Waals surface area contributed by atoms with Crippen LogP contribution in [0.25, 0.3) is 10.7 Å². The molecule has 17 heavy (non-hydrogen) atoms. The fraction of sp³-hybridized carbons (Fsp3) is 0.500. The van der Waals surface area contributed by atoms with E-state index in [-0.39, 0.29) is 0 Å². The summed E-state index contributed by atoms with van der Waals surface area (Å²) >= 11 is 1.68. The summed E-state index contributed by atoms with van der Waals surface area (Å²) < 4.78 is 1.98. The van der Waals surface area contributed by atoms with Gasteiger partial charge in [-0.1, -0.05) is 13.8 Å². The highest BCUT2D eigenvalue weighted by Gasteiger charge is 2.14. The topological polar surface area (TPSA) is 56.7 Å². The van der Waals surface area contributed by atoms with Crippen LogP contribution in [0.15, 0.2) is 12.5 Å². The highest BCUT2D eigenvalue weighted by atomic mass is 32.1. The van der Waals surface area contributed by atoms with Crippen molar-refractivity contribution in [3.63, 3.8) is 0 Å². The Morgan fingerprint density at radius 1 is 1.47 bits per heavy atom. The van der Waals surface area contributed by atoms with Gasteiger partial charge in [-0.25, -0.2) is 9.97 Å². The van der Waals surface area contributed by atoms with E-state index < -0.39 is 0 Å². The van der Waals surface area contributed by atoms with Gasteiger partial charge in [0.1, 0.15) is 5.01 Å². The van der Waals surface area contributed by atoms with Crippen LogP contribution >= 0.6 is 11.3 Å². The summed E-state index contributed by atoms with van der Waals surface area (Å²) in [4.78, 5) is 10.0. The molecule has 0 aliphatic carbocycles. The van der Waals surface area contributed by atoms with Crippen LogP contribution in [0.5, 0.6) is 0 Å². The Morgan fingerprint density at radius 2 is 2.24 bits per heavy atom. The molecule has 0 unspecified atom stereocenters. The highest BCUT2D eigenvalue weighted by molar-refractivity contribution is 7.15. The Labute approximate surface area is 106 Å². The zero-order valence-corrected chi connectivity index (χ0v) is 11.3. The summed E-state index contributed by atoms with van der Waals surface area (Å²) in [5.41, 5.74) is 7.98. The van der Waals surface area contributed by atoms with Gasteiger partial charge in [0.25, 0.3) is 0 Å². The van der Waals surface area contributed by atoms with E-state index in [9.17, 15) is 0 Å². The standard InChI is InChI=1S/C12H18N4S/c1-8(2)4-9-11(5-13)17-12(15-9)10-6-14-7-16(10)3/h6-8H,4-5,13H2,1-3H3. The van der Waals surface area contributed by atoms with Gasteiger partial charge >= 0.3 is 0 Å². The third-order valence-corrected chi connectivity index (χ3v) is 3.74. The second kappa shape index (κ2) is 4.98. The van der Waals surface area contributed by atoms with E-state index in [2.05, 4.69) is 18.8 Å². The van der Waals surface area contributed by atoms with Gasteiger partial charge < -0.3 is 10.3 Å². The first-order chi connectivity index (χ1) is 8.11. The predicted octanol–water partition coefficient (Wildman–Crippen LogP) is 2.20. The number of hydrogen-bond acceptors (Lipinski definition) is 4. The lowest BCUT2D eigenvalue weighted by atomic mass is 10.1. The molecule has 0 bridgehead atoms. The molecule has 0 radical (unpaired) electrons. The fourth-order valence-electron chi connectivity index (χ4n) is 1.76. The first kappa shape index (κ1) is 12.3. The van der Waals surface area contributed by atoms with Crippen LogP contribution < -0.4 is 5.73 Å². The third-order valence-electron chi connectivity index (χ3n) is 2.60. The normalized spacial score (nSPS) is 11.4. The van der Waals surface area contributed by atoms with E-state index in [0.717, 1.165) is 22.8 Å². The largest absolute Gasteiger partial charge is 0.332 e. The number of thiazole rings is 1. The lowest BCUT2D eigenvalue weighted by Crippen LogP contribution is -2.02. The summed E-state index contributed by atoms with van der Waals surface area (Å²) in [7, 11) is 1.98. The molecule has 4 nitrogen and oxygen atoms in total. The first-order valence-electron chi connectivity index (χ1n) is 5.77. The van der Waals surface area contributed by atoms with Crippen molar-refractivity contribution < 1.29 is 0 Å². The molecule has 0 aromatic carbocycles. The number of aromatic nitrogens is 3. The molecule has 0 aliphatic heterocycles. The van der Waals surface area contributed by atoms with Crippen molar-refractivity contribution in [2.45, 2.75) is 26.8 Å². The first-order valence-corrected chi connectivity index (χ1v) is 6.58. The molecule has 0 saturated heterocycles. The molecule has 5 heteroatoms. The molecule has 0 spiro atoms. The summed E-state index contributed by atoms with van der Waals surface area (Å²) in [6.07, 6.45) is 4.63.